The zero-order chi connectivity index (χ0) is 12.8. The molecule has 0 unspecified atom stereocenters. The van der Waals surface area contributed by atoms with Gasteiger partial charge in [-0.2, -0.15) is 0 Å². The van der Waals surface area contributed by atoms with Crippen LogP contribution in [0.15, 0.2) is 12.1 Å². The Bertz CT molecular complexity index is 363. The van der Waals surface area contributed by atoms with Crippen molar-refractivity contribution >= 4 is 11.7 Å². The van der Waals surface area contributed by atoms with Gasteiger partial charge in [-0.3, -0.25) is 4.79 Å². The average Bonchev–Trinajstić information content (AvgIpc) is 2.29. The summed E-state index contributed by atoms with van der Waals surface area (Å²) in [7, 11) is 2.06. The van der Waals surface area contributed by atoms with Crippen LogP contribution in [0, 0.1) is 0 Å². The van der Waals surface area contributed by atoms with Crippen LogP contribution in [0.3, 0.4) is 0 Å². The fraction of sp³-hybridized carbons (Fsp3) is 0.545. The summed E-state index contributed by atoms with van der Waals surface area (Å²) in [5, 5.41) is 10.7. The second-order valence-electron chi connectivity index (χ2n) is 4.17. The van der Waals surface area contributed by atoms with Gasteiger partial charge in [0.1, 0.15) is 5.82 Å². The average molecular weight is 237 g/mol. The van der Waals surface area contributed by atoms with Crippen LogP contribution in [0.2, 0.25) is 0 Å². The minimum Gasteiger partial charge on any atom is -0.367 e. The molecule has 0 fully saturated rings. The predicted molar refractivity (Wildman–Crippen MR) is 66.8 cm³/mol. The quantitative estimate of drug-likeness (QED) is 0.744. The molecule has 94 valence electrons. The highest BCUT2D eigenvalue weighted by molar-refractivity contribution is 5.90. The number of hydrogen-bond acceptors (Lipinski definition) is 5. The molecule has 0 aliphatic carbocycles. The lowest BCUT2D eigenvalue weighted by molar-refractivity contribution is 0.0994. The molecule has 1 heterocycles. The summed E-state index contributed by atoms with van der Waals surface area (Å²) in [6, 6.07) is 3.77. The number of nitrogens with zero attached hydrogens (tertiary/aromatic N) is 3. The van der Waals surface area contributed by atoms with Crippen molar-refractivity contribution < 1.29 is 4.79 Å². The van der Waals surface area contributed by atoms with Gasteiger partial charge in [0.15, 0.2) is 5.69 Å². The van der Waals surface area contributed by atoms with Crippen molar-refractivity contribution in [1.29, 1.82) is 0 Å². The largest absolute Gasteiger partial charge is 0.367 e. The molecule has 6 heteroatoms. The molecular weight excluding hydrogens is 218 g/mol. The summed E-state index contributed by atoms with van der Waals surface area (Å²) in [5.74, 6) is 0.0794. The number of anilines is 1. The predicted octanol–water partition coefficient (Wildman–Crippen LogP) is 0.328. The molecule has 0 aromatic carbocycles. The number of amides is 1. The first kappa shape index (κ1) is 13.4. The van der Waals surface area contributed by atoms with Gasteiger partial charge < -0.3 is 16.0 Å². The van der Waals surface area contributed by atoms with Crippen molar-refractivity contribution in [2.75, 3.05) is 25.5 Å². The van der Waals surface area contributed by atoms with Gasteiger partial charge in [0.05, 0.1) is 0 Å². The lowest BCUT2D eigenvalue weighted by Gasteiger charge is -2.20. The lowest BCUT2D eigenvalue weighted by atomic mass is 10.3. The highest BCUT2D eigenvalue weighted by Gasteiger charge is 2.04. The third kappa shape index (κ3) is 4.36. The number of carbonyl (C=O) groups is 1. The maximum Gasteiger partial charge on any atom is 0.269 e. The van der Waals surface area contributed by atoms with E-state index in [1.165, 1.54) is 0 Å². The Balaban J connectivity index is 2.40. The highest BCUT2D eigenvalue weighted by atomic mass is 16.1. The van der Waals surface area contributed by atoms with E-state index in [9.17, 15) is 4.79 Å². The molecule has 0 aliphatic rings. The lowest BCUT2D eigenvalue weighted by Crippen LogP contribution is -2.31. The van der Waals surface area contributed by atoms with E-state index in [0.717, 1.165) is 13.1 Å². The number of primary amides is 1. The standard InChI is InChI=1S/C11H19N5O/c1-8(2)16(3)7-6-13-10-5-4-9(11(12)17)14-15-10/h4-5,8H,6-7H2,1-3H3,(H2,12,17)(H,13,15). The molecule has 0 aliphatic heterocycles. The number of aromatic nitrogens is 2. The van der Waals surface area contributed by atoms with Gasteiger partial charge in [-0.15, -0.1) is 10.2 Å². The van der Waals surface area contributed by atoms with Crippen molar-refractivity contribution in [1.82, 2.24) is 15.1 Å². The van der Waals surface area contributed by atoms with Gasteiger partial charge in [-0.1, -0.05) is 0 Å². The topological polar surface area (TPSA) is 84.1 Å². The fourth-order valence-corrected chi connectivity index (χ4v) is 1.18. The Labute approximate surface area is 101 Å². The van der Waals surface area contributed by atoms with Crippen LogP contribution < -0.4 is 11.1 Å². The van der Waals surface area contributed by atoms with Crippen LogP contribution in [0.25, 0.3) is 0 Å². The number of carbonyl (C=O) groups excluding carboxylic acids is 1. The molecule has 0 saturated carbocycles. The number of hydrogen-bond donors (Lipinski definition) is 2. The summed E-state index contributed by atoms with van der Waals surface area (Å²) >= 11 is 0. The Morgan fingerprint density at radius 1 is 1.47 bits per heavy atom. The Morgan fingerprint density at radius 3 is 2.65 bits per heavy atom. The number of likely N-dealkylation sites (N-methyl/N-ethyl adjacent to an activating group) is 1. The molecule has 6 nitrogen and oxygen atoms in total. The molecular formula is C11H19N5O. The smallest absolute Gasteiger partial charge is 0.269 e. The number of nitrogens with one attached hydrogen (secondary N) is 1. The number of rotatable bonds is 6. The molecule has 0 atom stereocenters. The minimum atomic E-state index is -0.566. The van der Waals surface area contributed by atoms with Crippen LogP contribution >= 0.6 is 0 Å². The van der Waals surface area contributed by atoms with Gasteiger partial charge in [0.2, 0.25) is 0 Å². The first-order valence-electron chi connectivity index (χ1n) is 5.58. The van der Waals surface area contributed by atoms with E-state index in [4.69, 9.17) is 5.73 Å². The maximum absolute atomic E-state index is 10.8. The molecule has 17 heavy (non-hydrogen) atoms. The molecule has 0 bridgehead atoms. The first-order valence-corrected chi connectivity index (χ1v) is 5.58. The van der Waals surface area contributed by atoms with Crippen LogP contribution in [-0.4, -0.2) is 47.2 Å². The van der Waals surface area contributed by atoms with E-state index in [1.807, 2.05) is 0 Å². The van der Waals surface area contributed by atoms with E-state index < -0.39 is 5.91 Å². The second kappa shape index (κ2) is 6.15. The SMILES string of the molecule is CC(C)N(C)CCNc1ccc(C(N)=O)nn1. The summed E-state index contributed by atoms with van der Waals surface area (Å²) in [4.78, 5) is 13.0. The van der Waals surface area contributed by atoms with Crippen molar-refractivity contribution in [3.63, 3.8) is 0 Å². The zero-order valence-corrected chi connectivity index (χ0v) is 10.5. The molecule has 0 radical (unpaired) electrons. The van der Waals surface area contributed by atoms with Gasteiger partial charge in [0.25, 0.3) is 5.91 Å². The zero-order valence-electron chi connectivity index (χ0n) is 10.5. The third-order valence-electron chi connectivity index (χ3n) is 2.57. The van der Waals surface area contributed by atoms with Gasteiger partial charge in [-0.25, -0.2) is 0 Å². The third-order valence-corrected chi connectivity index (χ3v) is 2.57. The van der Waals surface area contributed by atoms with Crippen LogP contribution in [0.4, 0.5) is 5.82 Å². The molecule has 0 spiro atoms. The molecule has 1 aromatic heterocycles. The van der Waals surface area contributed by atoms with Gasteiger partial charge in [0, 0.05) is 19.1 Å². The van der Waals surface area contributed by atoms with E-state index in [0.29, 0.717) is 11.9 Å². The van der Waals surface area contributed by atoms with Crippen molar-refractivity contribution in [3.8, 4) is 0 Å². The monoisotopic (exact) mass is 237 g/mol. The minimum absolute atomic E-state index is 0.176. The Morgan fingerprint density at radius 2 is 2.18 bits per heavy atom. The summed E-state index contributed by atoms with van der Waals surface area (Å²) in [6.07, 6.45) is 0. The van der Waals surface area contributed by atoms with E-state index in [-0.39, 0.29) is 5.69 Å². The fourth-order valence-electron chi connectivity index (χ4n) is 1.18. The van der Waals surface area contributed by atoms with Gasteiger partial charge in [-0.05, 0) is 33.0 Å². The van der Waals surface area contributed by atoms with Crippen LogP contribution in [-0.2, 0) is 0 Å². The second-order valence-corrected chi connectivity index (χ2v) is 4.17. The molecule has 1 aromatic rings. The number of nitrogens with two attached hydrogens (primary N) is 1. The van der Waals surface area contributed by atoms with Crippen molar-refractivity contribution in [2.45, 2.75) is 19.9 Å². The van der Waals surface area contributed by atoms with E-state index >= 15 is 0 Å². The summed E-state index contributed by atoms with van der Waals surface area (Å²) in [6.45, 7) is 5.97. The van der Waals surface area contributed by atoms with Crippen LogP contribution in [0.1, 0.15) is 24.3 Å². The Hall–Kier alpha value is -1.69. The normalized spacial score (nSPS) is 10.9. The van der Waals surface area contributed by atoms with Crippen molar-refractivity contribution in [3.05, 3.63) is 17.8 Å². The molecule has 1 amide bonds. The Kier molecular flexibility index (Phi) is 4.84. The molecule has 3 N–H and O–H groups in total. The summed E-state index contributed by atoms with van der Waals surface area (Å²) < 4.78 is 0. The van der Waals surface area contributed by atoms with Crippen molar-refractivity contribution in [2.24, 2.45) is 5.73 Å². The van der Waals surface area contributed by atoms with E-state index in [1.54, 1.807) is 12.1 Å². The first-order chi connectivity index (χ1) is 8.00. The maximum atomic E-state index is 10.8. The summed E-state index contributed by atoms with van der Waals surface area (Å²) in [5.41, 5.74) is 5.24. The van der Waals surface area contributed by atoms with Gasteiger partial charge >= 0.3 is 0 Å². The van der Waals surface area contributed by atoms with E-state index in [2.05, 4.69) is 41.3 Å². The molecule has 1 rings (SSSR count). The highest BCUT2D eigenvalue weighted by Crippen LogP contribution is 2.01. The molecule has 0 saturated heterocycles. The van der Waals surface area contributed by atoms with Crippen LogP contribution in [0.5, 0.6) is 0 Å².